The summed E-state index contributed by atoms with van der Waals surface area (Å²) in [5, 5.41) is 0. The standard InChI is InChI=1S/C19H23N3O3S/c1-14-17(26-13-20-14)7-8-18(23)21-9-11-22(12-10-21)19(24)15-3-5-16(25-2)6-4-15/h3-6,13H,7-12H2,1-2H3. The first-order valence-electron chi connectivity index (χ1n) is 8.68. The number of aromatic nitrogens is 1. The van der Waals surface area contributed by atoms with E-state index in [-0.39, 0.29) is 11.8 Å². The highest BCUT2D eigenvalue weighted by Gasteiger charge is 2.24. The van der Waals surface area contributed by atoms with E-state index in [0.29, 0.717) is 38.2 Å². The number of methoxy groups -OCH3 is 1. The van der Waals surface area contributed by atoms with Crippen LogP contribution in [-0.4, -0.2) is 59.9 Å². The van der Waals surface area contributed by atoms with Gasteiger partial charge in [0.25, 0.3) is 5.91 Å². The molecule has 3 rings (SSSR count). The SMILES string of the molecule is COc1ccc(C(=O)N2CCN(C(=O)CCc3scnc3C)CC2)cc1. The summed E-state index contributed by atoms with van der Waals surface area (Å²) >= 11 is 1.60. The minimum atomic E-state index is 0.0000340. The molecular formula is C19H23N3O3S. The molecular weight excluding hydrogens is 350 g/mol. The van der Waals surface area contributed by atoms with Crippen LogP contribution in [0.25, 0.3) is 0 Å². The van der Waals surface area contributed by atoms with Crippen molar-refractivity contribution in [2.45, 2.75) is 19.8 Å². The number of amides is 2. The van der Waals surface area contributed by atoms with E-state index in [4.69, 9.17) is 4.74 Å². The number of carbonyl (C=O) groups is 2. The van der Waals surface area contributed by atoms with Crippen molar-refractivity contribution < 1.29 is 14.3 Å². The zero-order chi connectivity index (χ0) is 18.5. The molecule has 2 amide bonds. The normalized spacial score (nSPS) is 14.4. The van der Waals surface area contributed by atoms with E-state index in [2.05, 4.69) is 4.98 Å². The molecule has 0 radical (unpaired) electrons. The Bertz CT molecular complexity index is 765. The number of ether oxygens (including phenoxy) is 1. The summed E-state index contributed by atoms with van der Waals surface area (Å²) in [4.78, 5) is 34.0. The number of hydrogen-bond acceptors (Lipinski definition) is 5. The van der Waals surface area contributed by atoms with Gasteiger partial charge in [-0.2, -0.15) is 0 Å². The number of hydrogen-bond donors (Lipinski definition) is 0. The summed E-state index contributed by atoms with van der Waals surface area (Å²) in [5.41, 5.74) is 3.47. The lowest BCUT2D eigenvalue weighted by molar-refractivity contribution is -0.132. The maximum atomic E-state index is 12.6. The second kappa shape index (κ2) is 8.31. The third kappa shape index (κ3) is 4.22. The molecule has 6 nitrogen and oxygen atoms in total. The van der Waals surface area contributed by atoms with Crippen LogP contribution < -0.4 is 4.74 Å². The number of aryl methyl sites for hydroxylation is 2. The van der Waals surface area contributed by atoms with Crippen molar-refractivity contribution in [3.05, 3.63) is 45.9 Å². The lowest BCUT2D eigenvalue weighted by Gasteiger charge is -2.35. The Kier molecular flexibility index (Phi) is 5.88. The van der Waals surface area contributed by atoms with E-state index in [0.717, 1.165) is 17.9 Å². The molecule has 1 saturated heterocycles. The fourth-order valence-electron chi connectivity index (χ4n) is 3.02. The van der Waals surface area contributed by atoms with E-state index in [1.807, 2.05) is 17.3 Å². The molecule has 0 N–H and O–H groups in total. The molecule has 2 heterocycles. The Morgan fingerprint density at radius 1 is 1.12 bits per heavy atom. The zero-order valence-electron chi connectivity index (χ0n) is 15.1. The predicted molar refractivity (Wildman–Crippen MR) is 101 cm³/mol. The van der Waals surface area contributed by atoms with E-state index >= 15 is 0 Å². The smallest absolute Gasteiger partial charge is 0.253 e. The number of rotatable bonds is 5. The van der Waals surface area contributed by atoms with Crippen LogP contribution in [0.5, 0.6) is 5.75 Å². The Hall–Kier alpha value is -2.41. The molecule has 0 unspecified atom stereocenters. The second-order valence-electron chi connectivity index (χ2n) is 6.26. The van der Waals surface area contributed by atoms with Gasteiger partial charge in [0.1, 0.15) is 5.75 Å². The van der Waals surface area contributed by atoms with Gasteiger partial charge in [0.05, 0.1) is 18.3 Å². The Morgan fingerprint density at radius 2 is 1.77 bits per heavy atom. The van der Waals surface area contributed by atoms with Crippen LogP contribution in [0.1, 0.15) is 27.3 Å². The van der Waals surface area contributed by atoms with Gasteiger partial charge in [0.15, 0.2) is 0 Å². The number of benzene rings is 1. The molecule has 26 heavy (non-hydrogen) atoms. The summed E-state index contributed by atoms with van der Waals surface area (Å²) in [7, 11) is 1.60. The van der Waals surface area contributed by atoms with Gasteiger partial charge in [0, 0.05) is 43.0 Å². The van der Waals surface area contributed by atoms with Crippen molar-refractivity contribution in [2.75, 3.05) is 33.3 Å². The maximum Gasteiger partial charge on any atom is 0.253 e. The third-order valence-corrected chi connectivity index (χ3v) is 5.66. The minimum Gasteiger partial charge on any atom is -0.497 e. The van der Waals surface area contributed by atoms with Gasteiger partial charge in [-0.05, 0) is 37.6 Å². The summed E-state index contributed by atoms with van der Waals surface area (Å²) in [6, 6.07) is 7.12. The van der Waals surface area contributed by atoms with Crippen molar-refractivity contribution in [3.63, 3.8) is 0 Å². The zero-order valence-corrected chi connectivity index (χ0v) is 15.9. The Morgan fingerprint density at radius 3 is 2.35 bits per heavy atom. The van der Waals surface area contributed by atoms with E-state index in [1.165, 1.54) is 4.88 Å². The summed E-state index contributed by atoms with van der Waals surface area (Å²) in [6.45, 7) is 4.27. The molecule has 2 aromatic rings. The molecule has 0 bridgehead atoms. The van der Waals surface area contributed by atoms with Gasteiger partial charge in [-0.15, -0.1) is 11.3 Å². The monoisotopic (exact) mass is 373 g/mol. The first-order chi connectivity index (χ1) is 12.6. The largest absolute Gasteiger partial charge is 0.497 e. The average molecular weight is 373 g/mol. The van der Waals surface area contributed by atoms with Crippen molar-refractivity contribution in [1.29, 1.82) is 0 Å². The quantitative estimate of drug-likeness (QED) is 0.807. The van der Waals surface area contributed by atoms with Crippen molar-refractivity contribution in [2.24, 2.45) is 0 Å². The highest BCUT2D eigenvalue weighted by atomic mass is 32.1. The Balaban J connectivity index is 1.49. The van der Waals surface area contributed by atoms with Gasteiger partial charge < -0.3 is 14.5 Å². The topological polar surface area (TPSA) is 62.7 Å². The third-order valence-electron chi connectivity index (χ3n) is 4.67. The second-order valence-corrected chi connectivity index (χ2v) is 7.20. The van der Waals surface area contributed by atoms with Gasteiger partial charge in [-0.3, -0.25) is 9.59 Å². The van der Waals surface area contributed by atoms with Crippen LogP contribution >= 0.6 is 11.3 Å². The molecule has 0 aliphatic carbocycles. The van der Waals surface area contributed by atoms with E-state index < -0.39 is 0 Å². The van der Waals surface area contributed by atoms with Crippen LogP contribution in [0.15, 0.2) is 29.8 Å². The highest BCUT2D eigenvalue weighted by molar-refractivity contribution is 7.09. The van der Waals surface area contributed by atoms with E-state index in [9.17, 15) is 9.59 Å². The fraction of sp³-hybridized carbons (Fsp3) is 0.421. The fourth-order valence-corrected chi connectivity index (χ4v) is 3.80. The molecule has 1 aromatic carbocycles. The first-order valence-corrected chi connectivity index (χ1v) is 9.56. The molecule has 0 saturated carbocycles. The predicted octanol–water partition coefficient (Wildman–Crippen LogP) is 2.38. The number of carbonyl (C=O) groups excluding carboxylic acids is 2. The summed E-state index contributed by atoms with van der Waals surface area (Å²) in [6.07, 6.45) is 1.23. The number of piperazine rings is 1. The Labute approximate surface area is 157 Å². The molecule has 138 valence electrons. The van der Waals surface area contributed by atoms with Crippen molar-refractivity contribution >= 4 is 23.2 Å². The maximum absolute atomic E-state index is 12.6. The lowest BCUT2D eigenvalue weighted by Crippen LogP contribution is -2.50. The molecule has 1 fully saturated rings. The van der Waals surface area contributed by atoms with Gasteiger partial charge >= 0.3 is 0 Å². The summed E-state index contributed by atoms with van der Waals surface area (Å²) < 4.78 is 5.12. The number of nitrogens with zero attached hydrogens (tertiary/aromatic N) is 3. The lowest BCUT2D eigenvalue weighted by atomic mass is 10.1. The minimum absolute atomic E-state index is 0.0000340. The van der Waals surface area contributed by atoms with Gasteiger partial charge in [-0.25, -0.2) is 4.98 Å². The van der Waals surface area contributed by atoms with Crippen molar-refractivity contribution in [3.8, 4) is 5.75 Å². The molecule has 1 aromatic heterocycles. The molecule has 0 atom stereocenters. The molecule has 1 aliphatic rings. The average Bonchev–Trinajstić information content (AvgIpc) is 3.10. The first kappa shape index (κ1) is 18.4. The van der Waals surface area contributed by atoms with Crippen LogP contribution in [0.4, 0.5) is 0 Å². The van der Waals surface area contributed by atoms with Gasteiger partial charge in [-0.1, -0.05) is 0 Å². The summed E-state index contributed by atoms with van der Waals surface area (Å²) in [5.74, 6) is 0.877. The highest BCUT2D eigenvalue weighted by Crippen LogP contribution is 2.17. The van der Waals surface area contributed by atoms with Crippen LogP contribution in [0.3, 0.4) is 0 Å². The molecule has 0 spiro atoms. The number of thiazole rings is 1. The molecule has 1 aliphatic heterocycles. The van der Waals surface area contributed by atoms with Crippen molar-refractivity contribution in [1.82, 2.24) is 14.8 Å². The van der Waals surface area contributed by atoms with E-state index in [1.54, 1.807) is 47.6 Å². The molecule has 7 heteroatoms. The van der Waals surface area contributed by atoms with Crippen LogP contribution in [0.2, 0.25) is 0 Å². The van der Waals surface area contributed by atoms with Crippen LogP contribution in [0, 0.1) is 6.92 Å². The van der Waals surface area contributed by atoms with Gasteiger partial charge in [0.2, 0.25) is 5.91 Å². The van der Waals surface area contributed by atoms with Crippen LogP contribution in [-0.2, 0) is 11.2 Å².